The van der Waals surface area contributed by atoms with Gasteiger partial charge in [-0.3, -0.25) is 14.2 Å². The molecule has 2 heterocycles. The predicted molar refractivity (Wildman–Crippen MR) is 123 cm³/mol. The first-order chi connectivity index (χ1) is 15.2. The molecule has 0 spiro atoms. The average Bonchev–Trinajstić information content (AvgIpc) is 3.27. The number of Topliss-reactive ketones (excluding diaryl/α,β-unsaturated/α-hetero) is 1. The van der Waals surface area contributed by atoms with Crippen LogP contribution in [0.1, 0.15) is 32.2 Å². The van der Waals surface area contributed by atoms with Gasteiger partial charge in [-0.05, 0) is 42.0 Å². The second-order valence-electron chi connectivity index (χ2n) is 7.30. The van der Waals surface area contributed by atoms with Crippen LogP contribution in [0.2, 0.25) is 5.02 Å². The van der Waals surface area contributed by atoms with Crippen molar-refractivity contribution in [3.8, 4) is 0 Å². The lowest BCUT2D eigenvalue weighted by molar-refractivity contribution is -0.389. The summed E-state index contributed by atoms with van der Waals surface area (Å²) in [7, 11) is 0. The summed E-state index contributed by atoms with van der Waals surface area (Å²) in [4.78, 5) is 41.3. The quantitative estimate of drug-likeness (QED) is 0.287. The van der Waals surface area contributed by atoms with Gasteiger partial charge in [0.15, 0.2) is 5.78 Å². The highest BCUT2D eigenvalue weighted by Gasteiger charge is 2.21. The Hall–Kier alpha value is -3.46. The molecule has 0 N–H and O–H groups in total. The van der Waals surface area contributed by atoms with E-state index in [0.29, 0.717) is 29.5 Å². The van der Waals surface area contributed by atoms with Gasteiger partial charge in [0.1, 0.15) is 12.7 Å². The van der Waals surface area contributed by atoms with Crippen molar-refractivity contribution >= 4 is 51.8 Å². The molecule has 0 aliphatic rings. The predicted octanol–water partition coefficient (Wildman–Crippen LogP) is 4.16. The van der Waals surface area contributed by atoms with Crippen LogP contribution in [0, 0.1) is 17.0 Å². The van der Waals surface area contributed by atoms with Crippen molar-refractivity contribution < 1.29 is 14.5 Å². The third kappa shape index (κ3) is 4.57. The zero-order chi connectivity index (χ0) is 23.6. The molecule has 0 saturated carbocycles. The number of likely N-dealkylation sites (N-methyl/N-ethyl adjacent to an activating group) is 1. The zero-order valence-corrected chi connectivity index (χ0v) is 19.1. The number of aromatic nitrogens is 3. The molecular formula is C22H24ClN5O4. The summed E-state index contributed by atoms with van der Waals surface area (Å²) in [5, 5.41) is 12.4. The average molecular weight is 458 g/mol. The smallest absolute Gasteiger partial charge is 0.358 e. The molecule has 3 aromatic rings. The number of benzene rings is 1. The van der Waals surface area contributed by atoms with E-state index in [0.717, 1.165) is 10.9 Å². The lowest BCUT2D eigenvalue weighted by atomic mass is 10.1. The molecule has 0 aliphatic heterocycles. The van der Waals surface area contributed by atoms with E-state index in [4.69, 9.17) is 11.6 Å². The van der Waals surface area contributed by atoms with Crippen molar-refractivity contribution in [1.29, 1.82) is 0 Å². The number of carbonyl (C=O) groups excluding carboxylic acids is 2. The molecule has 0 aliphatic carbocycles. The summed E-state index contributed by atoms with van der Waals surface area (Å²) in [5.74, 6) is -0.333. The fourth-order valence-electron chi connectivity index (χ4n) is 3.64. The van der Waals surface area contributed by atoms with Gasteiger partial charge in [-0.15, -0.1) is 0 Å². The van der Waals surface area contributed by atoms with Gasteiger partial charge in [0.2, 0.25) is 11.7 Å². The van der Waals surface area contributed by atoms with Gasteiger partial charge in [0, 0.05) is 49.1 Å². The lowest BCUT2D eigenvalue weighted by Gasteiger charge is -2.19. The molecule has 1 amide bonds. The lowest BCUT2D eigenvalue weighted by Crippen LogP contribution is -2.33. The SMILES string of the molecule is CCN(CC)C(=O)Cn1cc(/C=C(/C(C)=O)n2cc([N+](=O)[O-])nc2C)c2ccc(Cl)cc21. The number of fused-ring (bicyclic) bond motifs is 1. The number of halogens is 1. The number of hydrogen-bond acceptors (Lipinski definition) is 5. The molecule has 0 atom stereocenters. The Kier molecular flexibility index (Phi) is 6.78. The Balaban J connectivity index is 2.15. The summed E-state index contributed by atoms with van der Waals surface area (Å²) in [6, 6.07) is 5.33. The molecule has 0 unspecified atom stereocenters. The maximum Gasteiger partial charge on any atom is 0.382 e. The highest BCUT2D eigenvalue weighted by Crippen LogP contribution is 2.28. The fraction of sp³-hybridized carbons (Fsp3) is 0.318. The third-order valence-electron chi connectivity index (χ3n) is 5.27. The Labute approximate surface area is 190 Å². The molecule has 32 heavy (non-hydrogen) atoms. The van der Waals surface area contributed by atoms with Crippen LogP contribution in [-0.2, 0) is 16.1 Å². The summed E-state index contributed by atoms with van der Waals surface area (Å²) >= 11 is 6.20. The molecule has 168 valence electrons. The second-order valence-corrected chi connectivity index (χ2v) is 7.74. The molecule has 2 aromatic heterocycles. The number of hydrogen-bond donors (Lipinski definition) is 0. The van der Waals surface area contributed by atoms with Gasteiger partial charge in [-0.25, -0.2) is 0 Å². The monoisotopic (exact) mass is 457 g/mol. The van der Waals surface area contributed by atoms with Gasteiger partial charge in [-0.1, -0.05) is 17.7 Å². The number of carbonyl (C=O) groups is 2. The van der Waals surface area contributed by atoms with Gasteiger partial charge < -0.3 is 19.6 Å². The second kappa shape index (κ2) is 9.35. The first-order valence-electron chi connectivity index (χ1n) is 10.2. The van der Waals surface area contributed by atoms with E-state index in [1.807, 2.05) is 19.9 Å². The molecule has 1 aromatic carbocycles. The number of aryl methyl sites for hydroxylation is 1. The first-order valence-corrected chi connectivity index (χ1v) is 10.5. The summed E-state index contributed by atoms with van der Waals surface area (Å²) < 4.78 is 3.20. The Morgan fingerprint density at radius 2 is 1.94 bits per heavy atom. The van der Waals surface area contributed by atoms with E-state index < -0.39 is 4.92 Å². The third-order valence-corrected chi connectivity index (χ3v) is 5.50. The van der Waals surface area contributed by atoms with Crippen LogP contribution in [0.5, 0.6) is 0 Å². The van der Waals surface area contributed by atoms with Crippen LogP contribution in [0.3, 0.4) is 0 Å². The van der Waals surface area contributed by atoms with Crippen LogP contribution in [0.15, 0.2) is 30.6 Å². The van der Waals surface area contributed by atoms with Gasteiger partial charge in [0.05, 0.1) is 11.2 Å². The van der Waals surface area contributed by atoms with Crippen molar-refractivity contribution in [2.24, 2.45) is 0 Å². The van der Waals surface area contributed by atoms with E-state index in [-0.39, 0.29) is 29.8 Å². The largest absolute Gasteiger partial charge is 0.382 e. The Morgan fingerprint density at radius 3 is 2.50 bits per heavy atom. The minimum Gasteiger partial charge on any atom is -0.358 e. The number of amides is 1. The molecular weight excluding hydrogens is 434 g/mol. The molecule has 0 radical (unpaired) electrons. The Bertz CT molecular complexity index is 1240. The highest BCUT2D eigenvalue weighted by atomic mass is 35.5. The molecule has 9 nitrogen and oxygen atoms in total. The highest BCUT2D eigenvalue weighted by molar-refractivity contribution is 6.31. The van der Waals surface area contributed by atoms with E-state index in [1.165, 1.54) is 17.7 Å². The van der Waals surface area contributed by atoms with Crippen molar-refractivity contribution in [2.45, 2.75) is 34.2 Å². The maximum atomic E-state index is 12.7. The van der Waals surface area contributed by atoms with Crippen LogP contribution in [-0.4, -0.2) is 48.7 Å². The normalized spacial score (nSPS) is 11.7. The topological polar surface area (TPSA) is 103 Å². The first kappa shape index (κ1) is 23.2. The number of ketones is 1. The number of nitro groups is 1. The van der Waals surface area contributed by atoms with E-state index in [2.05, 4.69) is 4.98 Å². The van der Waals surface area contributed by atoms with Crippen molar-refractivity contribution in [1.82, 2.24) is 19.0 Å². The van der Waals surface area contributed by atoms with E-state index in [1.54, 1.807) is 40.8 Å². The number of imidazole rings is 1. The van der Waals surface area contributed by atoms with Crippen molar-refractivity contribution in [3.05, 3.63) is 57.1 Å². The van der Waals surface area contributed by atoms with Crippen LogP contribution >= 0.6 is 11.6 Å². The van der Waals surface area contributed by atoms with Crippen molar-refractivity contribution in [2.75, 3.05) is 13.1 Å². The van der Waals surface area contributed by atoms with Crippen LogP contribution in [0.4, 0.5) is 5.82 Å². The molecule has 0 saturated heterocycles. The molecule has 0 fully saturated rings. The summed E-state index contributed by atoms with van der Waals surface area (Å²) in [5.41, 5.74) is 1.66. The number of allylic oxidation sites excluding steroid dienone is 1. The zero-order valence-electron chi connectivity index (χ0n) is 18.3. The molecule has 3 rings (SSSR count). The summed E-state index contributed by atoms with van der Waals surface area (Å²) in [6.45, 7) is 8.16. The standard InChI is InChI=1S/C22H24ClN5O4/c1-5-25(6-2)22(30)13-26-11-16(18-8-7-17(23)10-20(18)26)9-19(14(3)29)27-12-21(28(31)32)24-15(27)4/h7-12H,5-6,13H2,1-4H3/b19-9-. The number of nitrogens with zero attached hydrogens (tertiary/aromatic N) is 5. The van der Waals surface area contributed by atoms with Gasteiger partial charge in [-0.2, -0.15) is 0 Å². The van der Waals surface area contributed by atoms with Gasteiger partial charge >= 0.3 is 5.82 Å². The van der Waals surface area contributed by atoms with Crippen molar-refractivity contribution in [3.63, 3.8) is 0 Å². The van der Waals surface area contributed by atoms with Crippen LogP contribution in [0.25, 0.3) is 22.7 Å². The van der Waals surface area contributed by atoms with E-state index in [9.17, 15) is 19.7 Å². The molecule has 10 heteroatoms. The molecule has 0 bridgehead atoms. The van der Waals surface area contributed by atoms with E-state index >= 15 is 0 Å². The minimum absolute atomic E-state index is 0.0322. The number of rotatable bonds is 8. The fourth-order valence-corrected chi connectivity index (χ4v) is 3.81. The Morgan fingerprint density at radius 1 is 1.25 bits per heavy atom. The maximum absolute atomic E-state index is 12.7. The summed E-state index contributed by atoms with van der Waals surface area (Å²) in [6.07, 6.45) is 4.66. The van der Waals surface area contributed by atoms with Gasteiger partial charge in [0.25, 0.3) is 0 Å². The van der Waals surface area contributed by atoms with Crippen LogP contribution < -0.4 is 0 Å². The minimum atomic E-state index is -0.603.